The second-order valence-corrected chi connectivity index (χ2v) is 9.09. The summed E-state index contributed by atoms with van der Waals surface area (Å²) in [6, 6.07) is 11.3. The molecule has 1 fully saturated rings. The third-order valence-corrected chi connectivity index (χ3v) is 5.99. The number of amides is 3. The van der Waals surface area contributed by atoms with E-state index in [2.05, 4.69) is 26.0 Å². The van der Waals surface area contributed by atoms with Gasteiger partial charge in [0.2, 0.25) is 5.76 Å². The minimum absolute atomic E-state index is 0.0559. The fourth-order valence-electron chi connectivity index (χ4n) is 3.23. The van der Waals surface area contributed by atoms with E-state index in [0.717, 1.165) is 4.90 Å². The summed E-state index contributed by atoms with van der Waals surface area (Å²) >= 11 is 15.3. The van der Waals surface area contributed by atoms with Crippen LogP contribution in [0.15, 0.2) is 63.1 Å². The van der Waals surface area contributed by atoms with E-state index in [0.29, 0.717) is 15.1 Å². The second kappa shape index (κ2) is 10.6. The predicted molar refractivity (Wildman–Crippen MR) is 133 cm³/mol. The molecule has 0 bridgehead atoms. The van der Waals surface area contributed by atoms with Gasteiger partial charge >= 0.3 is 18.0 Å². The maximum Gasteiger partial charge on any atom is 0.373 e. The van der Waals surface area contributed by atoms with Crippen molar-refractivity contribution in [1.29, 1.82) is 0 Å². The number of hydrogen-bond acceptors (Lipinski definition) is 7. The number of carbonyl (C=O) groups is 4. The monoisotopic (exact) mass is 592 g/mol. The molecule has 4 rings (SSSR count). The number of nitrogens with one attached hydrogen (secondary N) is 1. The molecule has 0 radical (unpaired) electrons. The van der Waals surface area contributed by atoms with Gasteiger partial charge in [0.1, 0.15) is 17.2 Å². The maximum atomic E-state index is 12.9. The number of rotatable bonds is 6. The van der Waals surface area contributed by atoms with Crippen molar-refractivity contribution in [1.82, 2.24) is 10.2 Å². The van der Waals surface area contributed by atoms with Crippen LogP contribution in [0, 0.1) is 0 Å². The van der Waals surface area contributed by atoms with Crippen LogP contribution < -0.4 is 10.1 Å². The highest BCUT2D eigenvalue weighted by Gasteiger charge is 2.34. The molecule has 36 heavy (non-hydrogen) atoms. The Bertz CT molecular complexity index is 1430. The van der Waals surface area contributed by atoms with Crippen LogP contribution >= 0.6 is 39.1 Å². The molecule has 1 aliphatic rings. The van der Waals surface area contributed by atoms with Gasteiger partial charge in [0.15, 0.2) is 0 Å². The van der Waals surface area contributed by atoms with Crippen LogP contribution in [0.3, 0.4) is 0 Å². The zero-order valence-electron chi connectivity index (χ0n) is 18.3. The Morgan fingerprint density at radius 1 is 1.08 bits per heavy atom. The Kier molecular flexibility index (Phi) is 7.48. The van der Waals surface area contributed by atoms with Crippen molar-refractivity contribution >= 4 is 69.1 Å². The SMILES string of the molecule is COC(=O)c1ccc(CN2C(=O)N/C(=C/c3cc(Br)ccc3OC(=O)c3ccc(Cl)cc3Cl)C2=O)o1. The molecule has 0 aliphatic carbocycles. The van der Waals surface area contributed by atoms with Crippen molar-refractivity contribution in [2.24, 2.45) is 0 Å². The summed E-state index contributed by atoms with van der Waals surface area (Å²) in [6.07, 6.45) is 1.37. The number of ether oxygens (including phenoxy) is 2. The van der Waals surface area contributed by atoms with E-state index in [-0.39, 0.29) is 40.1 Å². The highest BCUT2D eigenvalue weighted by atomic mass is 79.9. The molecule has 0 atom stereocenters. The zero-order valence-corrected chi connectivity index (χ0v) is 21.4. The van der Waals surface area contributed by atoms with Gasteiger partial charge in [-0.1, -0.05) is 39.1 Å². The molecule has 9 nitrogen and oxygen atoms in total. The van der Waals surface area contributed by atoms with E-state index in [4.69, 9.17) is 32.4 Å². The first-order valence-corrected chi connectivity index (χ1v) is 11.7. The Hall–Kier alpha value is -3.60. The van der Waals surface area contributed by atoms with E-state index in [9.17, 15) is 19.2 Å². The van der Waals surface area contributed by atoms with Gasteiger partial charge in [-0.15, -0.1) is 0 Å². The molecule has 1 saturated heterocycles. The van der Waals surface area contributed by atoms with Crippen molar-refractivity contribution < 1.29 is 33.1 Å². The van der Waals surface area contributed by atoms with Gasteiger partial charge in [0.25, 0.3) is 5.91 Å². The first kappa shape index (κ1) is 25.5. The van der Waals surface area contributed by atoms with E-state index < -0.39 is 23.9 Å². The van der Waals surface area contributed by atoms with E-state index in [1.807, 2.05) is 0 Å². The summed E-state index contributed by atoms with van der Waals surface area (Å²) in [6.45, 7) is -0.214. The lowest BCUT2D eigenvalue weighted by molar-refractivity contribution is -0.123. The highest BCUT2D eigenvalue weighted by Crippen LogP contribution is 2.29. The fraction of sp³-hybridized carbons (Fsp3) is 0.0833. The number of methoxy groups -OCH3 is 1. The van der Waals surface area contributed by atoms with Crippen LogP contribution in [0.5, 0.6) is 5.75 Å². The van der Waals surface area contributed by atoms with E-state index >= 15 is 0 Å². The van der Waals surface area contributed by atoms with Gasteiger partial charge in [-0.05, 0) is 54.6 Å². The van der Waals surface area contributed by atoms with Crippen LogP contribution in [0.2, 0.25) is 10.0 Å². The lowest BCUT2D eigenvalue weighted by Gasteiger charge is -2.10. The van der Waals surface area contributed by atoms with E-state index in [1.165, 1.54) is 49.6 Å². The van der Waals surface area contributed by atoms with Crippen molar-refractivity contribution in [3.05, 3.63) is 91.4 Å². The number of halogens is 3. The fourth-order valence-corrected chi connectivity index (χ4v) is 4.10. The molecule has 3 amide bonds. The molecule has 1 aromatic heterocycles. The van der Waals surface area contributed by atoms with Crippen LogP contribution in [-0.4, -0.2) is 35.9 Å². The molecule has 0 unspecified atom stereocenters. The number of esters is 2. The minimum atomic E-state index is -0.735. The lowest BCUT2D eigenvalue weighted by Crippen LogP contribution is -2.30. The lowest BCUT2D eigenvalue weighted by atomic mass is 10.1. The van der Waals surface area contributed by atoms with Crippen molar-refractivity contribution in [3.8, 4) is 5.75 Å². The van der Waals surface area contributed by atoms with Crippen LogP contribution in [0.1, 0.15) is 32.2 Å². The summed E-state index contributed by atoms with van der Waals surface area (Å²) in [7, 11) is 1.20. The summed E-state index contributed by atoms with van der Waals surface area (Å²) in [5.74, 6) is -1.80. The molecular formula is C24H15BrCl2N2O7. The number of imide groups is 1. The first-order valence-electron chi connectivity index (χ1n) is 10.1. The van der Waals surface area contributed by atoms with E-state index in [1.54, 1.807) is 12.1 Å². The predicted octanol–water partition coefficient (Wildman–Crippen LogP) is 5.45. The van der Waals surface area contributed by atoms with Crippen LogP contribution in [0.25, 0.3) is 6.08 Å². The van der Waals surface area contributed by atoms with Crippen molar-refractivity contribution in [2.75, 3.05) is 7.11 Å². The molecule has 3 aromatic rings. The number of carbonyl (C=O) groups excluding carboxylic acids is 4. The van der Waals surface area contributed by atoms with Crippen LogP contribution in [-0.2, 0) is 16.1 Å². The smallest absolute Gasteiger partial charge is 0.373 e. The van der Waals surface area contributed by atoms with Gasteiger partial charge < -0.3 is 19.2 Å². The number of hydrogen-bond donors (Lipinski definition) is 1. The van der Waals surface area contributed by atoms with Gasteiger partial charge in [0, 0.05) is 15.1 Å². The summed E-state index contributed by atoms with van der Waals surface area (Å²) < 4.78 is 16.1. The molecule has 12 heteroatoms. The normalized spacial score (nSPS) is 14.2. The molecule has 1 N–H and O–H groups in total. The van der Waals surface area contributed by atoms with Gasteiger partial charge in [0.05, 0.1) is 24.2 Å². The van der Waals surface area contributed by atoms with Gasteiger partial charge in [-0.25, -0.2) is 14.4 Å². The second-order valence-electron chi connectivity index (χ2n) is 7.33. The maximum absolute atomic E-state index is 12.9. The van der Waals surface area contributed by atoms with Gasteiger partial charge in [-0.3, -0.25) is 9.69 Å². The summed E-state index contributed by atoms with van der Waals surface area (Å²) in [5.41, 5.74) is 0.378. The number of furan rings is 1. The summed E-state index contributed by atoms with van der Waals surface area (Å²) in [5, 5.41) is 2.96. The standard InChI is InChI=1S/C24H15BrCl2N2O7/c1-34-23(32)20-7-4-15(35-20)11-29-21(30)18(28-24(29)33)9-12-8-13(25)2-6-19(12)36-22(31)16-5-3-14(26)10-17(16)27/h2-10H,11H2,1H3,(H,28,33)/b18-9+. The number of benzene rings is 2. The topological polar surface area (TPSA) is 115 Å². The molecule has 184 valence electrons. The average molecular weight is 594 g/mol. The summed E-state index contributed by atoms with van der Waals surface area (Å²) in [4.78, 5) is 50.6. The number of urea groups is 1. The zero-order chi connectivity index (χ0) is 26.0. The molecule has 2 aromatic carbocycles. The largest absolute Gasteiger partial charge is 0.463 e. The average Bonchev–Trinajstić information content (AvgIpc) is 3.40. The highest BCUT2D eigenvalue weighted by molar-refractivity contribution is 9.10. The number of nitrogens with zero attached hydrogens (tertiary/aromatic N) is 1. The molecule has 0 spiro atoms. The van der Waals surface area contributed by atoms with Crippen molar-refractivity contribution in [3.63, 3.8) is 0 Å². The first-order chi connectivity index (χ1) is 17.2. The van der Waals surface area contributed by atoms with Crippen LogP contribution in [0.4, 0.5) is 4.79 Å². The van der Waals surface area contributed by atoms with Crippen molar-refractivity contribution in [2.45, 2.75) is 6.54 Å². The molecule has 0 saturated carbocycles. The Balaban J connectivity index is 1.57. The third-order valence-electron chi connectivity index (χ3n) is 4.95. The molecule has 1 aliphatic heterocycles. The molecule has 2 heterocycles. The van der Waals surface area contributed by atoms with Gasteiger partial charge in [-0.2, -0.15) is 0 Å². The minimum Gasteiger partial charge on any atom is -0.463 e. The Labute approximate surface area is 222 Å². The third kappa shape index (κ3) is 5.46. The molecular weight excluding hydrogens is 579 g/mol. The quantitative estimate of drug-likeness (QED) is 0.175. The Morgan fingerprint density at radius 2 is 1.86 bits per heavy atom. The Morgan fingerprint density at radius 3 is 2.58 bits per heavy atom.